The Hall–Kier alpha value is -1.43. The van der Waals surface area contributed by atoms with Crippen LogP contribution in [-0.2, 0) is 24.3 Å². The molecule has 114 valence electrons. The molecular formula is C16H22N2O2S. The third-order valence-electron chi connectivity index (χ3n) is 3.11. The molecule has 0 aliphatic heterocycles. The van der Waals surface area contributed by atoms with Crippen molar-refractivity contribution in [3.63, 3.8) is 0 Å². The van der Waals surface area contributed by atoms with Gasteiger partial charge in [-0.1, -0.05) is 18.2 Å². The first-order valence-electron chi connectivity index (χ1n) is 7.04. The van der Waals surface area contributed by atoms with Crippen LogP contribution in [0.5, 0.6) is 5.75 Å². The molecule has 2 aromatic rings. The van der Waals surface area contributed by atoms with Crippen molar-refractivity contribution in [2.75, 3.05) is 20.8 Å². The molecule has 21 heavy (non-hydrogen) atoms. The molecule has 0 saturated heterocycles. The van der Waals surface area contributed by atoms with Crippen LogP contribution in [0.1, 0.15) is 21.1 Å². The zero-order valence-electron chi connectivity index (χ0n) is 12.8. The highest BCUT2D eigenvalue weighted by Crippen LogP contribution is 2.21. The van der Waals surface area contributed by atoms with Gasteiger partial charge < -0.3 is 14.8 Å². The van der Waals surface area contributed by atoms with Crippen molar-refractivity contribution in [2.24, 2.45) is 0 Å². The third-order valence-corrected chi connectivity index (χ3v) is 4.27. The number of ether oxygens (including phenoxy) is 2. The molecule has 0 bridgehead atoms. The SMILES string of the molecule is CNCc1sc(CCOc2ccccc2C)nc1COC. The predicted octanol–water partition coefficient (Wildman–Crippen LogP) is 2.94. The summed E-state index contributed by atoms with van der Waals surface area (Å²) in [4.78, 5) is 5.89. The minimum Gasteiger partial charge on any atom is -0.493 e. The summed E-state index contributed by atoms with van der Waals surface area (Å²) in [7, 11) is 3.64. The smallest absolute Gasteiger partial charge is 0.122 e. The highest BCUT2D eigenvalue weighted by molar-refractivity contribution is 7.11. The first-order valence-corrected chi connectivity index (χ1v) is 7.85. The summed E-state index contributed by atoms with van der Waals surface area (Å²) < 4.78 is 11.0. The Bertz CT molecular complexity index is 546. The molecule has 1 aromatic carbocycles. The van der Waals surface area contributed by atoms with Crippen LogP contribution in [0.2, 0.25) is 0 Å². The van der Waals surface area contributed by atoms with E-state index in [1.54, 1.807) is 18.4 Å². The normalized spacial score (nSPS) is 10.8. The summed E-state index contributed by atoms with van der Waals surface area (Å²) in [6.45, 7) is 4.09. The molecule has 1 aromatic heterocycles. The Kier molecular flexibility index (Phi) is 6.17. The lowest BCUT2D eigenvalue weighted by Crippen LogP contribution is -2.06. The molecule has 0 aliphatic carbocycles. The van der Waals surface area contributed by atoms with Crippen LogP contribution < -0.4 is 10.1 Å². The molecule has 1 N–H and O–H groups in total. The van der Waals surface area contributed by atoms with E-state index in [1.165, 1.54) is 4.88 Å². The Balaban J connectivity index is 1.93. The minimum absolute atomic E-state index is 0.562. The van der Waals surface area contributed by atoms with Crippen LogP contribution in [0.15, 0.2) is 24.3 Å². The topological polar surface area (TPSA) is 43.4 Å². The third kappa shape index (κ3) is 4.52. The lowest BCUT2D eigenvalue weighted by Gasteiger charge is -2.07. The van der Waals surface area contributed by atoms with E-state index < -0.39 is 0 Å². The molecule has 0 fully saturated rings. The van der Waals surface area contributed by atoms with Gasteiger partial charge in [-0.3, -0.25) is 0 Å². The van der Waals surface area contributed by atoms with E-state index in [0.717, 1.165) is 35.0 Å². The van der Waals surface area contributed by atoms with Gasteiger partial charge in [0.2, 0.25) is 0 Å². The van der Waals surface area contributed by atoms with Gasteiger partial charge in [0.25, 0.3) is 0 Å². The monoisotopic (exact) mass is 306 g/mol. The van der Waals surface area contributed by atoms with Crippen molar-refractivity contribution in [3.05, 3.63) is 45.4 Å². The van der Waals surface area contributed by atoms with Crippen molar-refractivity contribution in [1.29, 1.82) is 0 Å². The second kappa shape index (κ2) is 8.12. The van der Waals surface area contributed by atoms with Crippen molar-refractivity contribution in [1.82, 2.24) is 10.3 Å². The van der Waals surface area contributed by atoms with Crippen molar-refractivity contribution in [2.45, 2.75) is 26.5 Å². The van der Waals surface area contributed by atoms with Crippen molar-refractivity contribution in [3.8, 4) is 5.75 Å². The summed E-state index contributed by atoms with van der Waals surface area (Å²) >= 11 is 1.73. The molecule has 0 saturated carbocycles. The average Bonchev–Trinajstić information content (AvgIpc) is 2.84. The van der Waals surface area contributed by atoms with Crippen molar-refractivity contribution < 1.29 is 9.47 Å². The largest absolute Gasteiger partial charge is 0.493 e. The van der Waals surface area contributed by atoms with E-state index in [1.807, 2.05) is 25.2 Å². The highest BCUT2D eigenvalue weighted by Gasteiger charge is 2.10. The van der Waals surface area contributed by atoms with E-state index >= 15 is 0 Å². The predicted molar refractivity (Wildman–Crippen MR) is 86.0 cm³/mol. The maximum absolute atomic E-state index is 5.83. The Morgan fingerprint density at radius 1 is 1.29 bits per heavy atom. The molecule has 5 heteroatoms. The fourth-order valence-corrected chi connectivity index (χ4v) is 3.12. The molecule has 0 unspecified atom stereocenters. The fraction of sp³-hybridized carbons (Fsp3) is 0.438. The first-order chi connectivity index (χ1) is 10.2. The molecule has 0 radical (unpaired) electrons. The van der Waals surface area contributed by atoms with Crippen LogP contribution in [0.25, 0.3) is 0 Å². The van der Waals surface area contributed by atoms with Gasteiger partial charge in [-0.15, -0.1) is 11.3 Å². The van der Waals surface area contributed by atoms with Gasteiger partial charge in [-0.05, 0) is 25.6 Å². The zero-order chi connectivity index (χ0) is 15.1. The van der Waals surface area contributed by atoms with E-state index in [4.69, 9.17) is 9.47 Å². The standard InChI is InChI=1S/C16H22N2O2S/c1-12-6-4-5-7-14(12)20-9-8-16-18-13(11-19-3)15(21-16)10-17-2/h4-7,17H,8-11H2,1-3H3. The molecule has 0 amide bonds. The van der Waals surface area contributed by atoms with E-state index in [-0.39, 0.29) is 0 Å². The maximum Gasteiger partial charge on any atom is 0.122 e. The van der Waals surface area contributed by atoms with Crippen LogP contribution in [0.4, 0.5) is 0 Å². The van der Waals surface area contributed by atoms with Gasteiger partial charge in [0, 0.05) is 25.0 Å². The zero-order valence-corrected chi connectivity index (χ0v) is 13.6. The molecule has 2 rings (SSSR count). The number of hydrogen-bond donors (Lipinski definition) is 1. The molecule has 1 heterocycles. The number of benzene rings is 1. The second-order valence-corrected chi connectivity index (χ2v) is 5.97. The number of aromatic nitrogens is 1. The van der Waals surface area contributed by atoms with E-state index in [0.29, 0.717) is 13.2 Å². The average molecular weight is 306 g/mol. The van der Waals surface area contributed by atoms with Gasteiger partial charge in [-0.25, -0.2) is 4.98 Å². The van der Waals surface area contributed by atoms with Gasteiger partial charge in [0.05, 0.1) is 23.9 Å². The fourth-order valence-electron chi connectivity index (χ4n) is 2.06. The number of methoxy groups -OCH3 is 1. The van der Waals surface area contributed by atoms with Crippen LogP contribution in [-0.4, -0.2) is 25.7 Å². The lowest BCUT2D eigenvalue weighted by atomic mass is 10.2. The summed E-state index contributed by atoms with van der Waals surface area (Å²) in [6.07, 6.45) is 0.819. The summed E-state index contributed by atoms with van der Waals surface area (Å²) in [5, 5.41) is 4.27. The minimum atomic E-state index is 0.562. The Morgan fingerprint density at radius 3 is 2.81 bits per heavy atom. The van der Waals surface area contributed by atoms with Crippen LogP contribution in [0, 0.1) is 6.92 Å². The quantitative estimate of drug-likeness (QED) is 0.814. The summed E-state index contributed by atoms with van der Waals surface area (Å²) in [6, 6.07) is 8.07. The number of thiazole rings is 1. The summed E-state index contributed by atoms with van der Waals surface area (Å²) in [5.41, 5.74) is 2.19. The first kappa shape index (κ1) is 15.9. The Labute approximate surface area is 130 Å². The number of rotatable bonds is 8. The van der Waals surface area contributed by atoms with Gasteiger partial charge >= 0.3 is 0 Å². The number of hydrogen-bond acceptors (Lipinski definition) is 5. The van der Waals surface area contributed by atoms with Gasteiger partial charge in [0.15, 0.2) is 0 Å². The number of nitrogens with zero attached hydrogens (tertiary/aromatic N) is 1. The lowest BCUT2D eigenvalue weighted by molar-refractivity contribution is 0.181. The van der Waals surface area contributed by atoms with Crippen molar-refractivity contribution >= 4 is 11.3 Å². The highest BCUT2D eigenvalue weighted by atomic mass is 32.1. The molecule has 0 spiro atoms. The number of para-hydroxylation sites is 1. The number of nitrogens with one attached hydrogen (secondary N) is 1. The maximum atomic E-state index is 5.83. The Morgan fingerprint density at radius 2 is 2.10 bits per heavy atom. The molecular weight excluding hydrogens is 284 g/mol. The molecule has 4 nitrogen and oxygen atoms in total. The van der Waals surface area contributed by atoms with Crippen LogP contribution >= 0.6 is 11.3 Å². The van der Waals surface area contributed by atoms with Crippen LogP contribution in [0.3, 0.4) is 0 Å². The van der Waals surface area contributed by atoms with E-state index in [2.05, 4.69) is 23.3 Å². The summed E-state index contributed by atoms with van der Waals surface area (Å²) in [5.74, 6) is 0.946. The van der Waals surface area contributed by atoms with E-state index in [9.17, 15) is 0 Å². The van der Waals surface area contributed by atoms with Gasteiger partial charge in [-0.2, -0.15) is 0 Å². The molecule has 0 atom stereocenters. The second-order valence-electron chi connectivity index (χ2n) is 4.80. The van der Waals surface area contributed by atoms with Gasteiger partial charge in [0.1, 0.15) is 5.75 Å². The number of aryl methyl sites for hydroxylation is 1. The molecule has 0 aliphatic rings.